The van der Waals surface area contributed by atoms with Gasteiger partial charge in [-0.25, -0.2) is 0 Å². The molecule has 1 unspecified atom stereocenters. The highest BCUT2D eigenvalue weighted by atomic mass is 35.5. The lowest BCUT2D eigenvalue weighted by molar-refractivity contribution is -0.137. The van der Waals surface area contributed by atoms with Gasteiger partial charge in [0.1, 0.15) is 0 Å². The van der Waals surface area contributed by atoms with E-state index >= 15 is 0 Å². The van der Waals surface area contributed by atoms with Crippen LogP contribution in [-0.2, 0) is 15.8 Å². The number of carbonyl (C=O) groups is 2. The van der Waals surface area contributed by atoms with Crippen molar-refractivity contribution in [1.82, 2.24) is 0 Å². The van der Waals surface area contributed by atoms with Crippen LogP contribution in [0.1, 0.15) is 17.5 Å². The number of rotatable bonds is 3. The Kier molecular flexibility index (Phi) is 5.15. The monoisotopic (exact) mass is 396 g/mol. The Balaban J connectivity index is 1.75. The molecule has 0 bridgehead atoms. The molecule has 1 aliphatic rings. The normalized spacial score (nSPS) is 17.3. The highest BCUT2D eigenvalue weighted by molar-refractivity contribution is 6.33. The fourth-order valence-corrected chi connectivity index (χ4v) is 3.13. The minimum absolute atomic E-state index is 0.00351. The van der Waals surface area contributed by atoms with E-state index in [1.807, 2.05) is 25.1 Å². The lowest BCUT2D eigenvalue weighted by Crippen LogP contribution is -2.28. The van der Waals surface area contributed by atoms with Crippen LogP contribution in [-0.4, -0.2) is 18.4 Å². The first kappa shape index (κ1) is 19.2. The van der Waals surface area contributed by atoms with Gasteiger partial charge in [0.2, 0.25) is 11.8 Å². The van der Waals surface area contributed by atoms with Crippen molar-refractivity contribution in [3.8, 4) is 0 Å². The van der Waals surface area contributed by atoms with Gasteiger partial charge in [-0.1, -0.05) is 23.7 Å². The van der Waals surface area contributed by atoms with Gasteiger partial charge in [-0.15, -0.1) is 0 Å². The number of anilines is 2. The predicted octanol–water partition coefficient (Wildman–Crippen LogP) is 4.66. The van der Waals surface area contributed by atoms with Gasteiger partial charge in [0.25, 0.3) is 0 Å². The van der Waals surface area contributed by atoms with E-state index in [1.165, 1.54) is 4.90 Å². The Morgan fingerprint density at radius 3 is 2.63 bits per heavy atom. The van der Waals surface area contributed by atoms with Crippen LogP contribution in [0, 0.1) is 12.8 Å². The van der Waals surface area contributed by atoms with Crippen molar-refractivity contribution in [3.63, 3.8) is 0 Å². The number of halogens is 4. The second-order valence-electron chi connectivity index (χ2n) is 6.43. The number of carbonyl (C=O) groups excluding carboxylic acids is 2. The van der Waals surface area contributed by atoms with E-state index in [1.54, 1.807) is 6.07 Å². The molecule has 0 radical (unpaired) electrons. The third-order valence-corrected chi connectivity index (χ3v) is 4.69. The van der Waals surface area contributed by atoms with Gasteiger partial charge in [0.15, 0.2) is 0 Å². The van der Waals surface area contributed by atoms with Gasteiger partial charge in [-0.2, -0.15) is 13.2 Å². The molecule has 0 spiro atoms. The molecule has 0 aromatic heterocycles. The molecular weight excluding hydrogens is 381 g/mol. The molecule has 0 saturated carbocycles. The smallest absolute Gasteiger partial charge is 0.324 e. The Labute approximate surface area is 158 Å². The van der Waals surface area contributed by atoms with Crippen LogP contribution >= 0.6 is 11.6 Å². The molecule has 27 heavy (non-hydrogen) atoms. The van der Waals surface area contributed by atoms with E-state index in [-0.39, 0.29) is 29.6 Å². The topological polar surface area (TPSA) is 49.4 Å². The minimum Gasteiger partial charge on any atom is -0.324 e. The highest BCUT2D eigenvalue weighted by Gasteiger charge is 2.36. The van der Waals surface area contributed by atoms with Gasteiger partial charge in [-0.3, -0.25) is 9.59 Å². The minimum atomic E-state index is -4.55. The van der Waals surface area contributed by atoms with Gasteiger partial charge < -0.3 is 10.2 Å². The maximum Gasteiger partial charge on any atom is 0.416 e. The molecule has 8 heteroatoms. The molecule has 1 saturated heterocycles. The van der Waals surface area contributed by atoms with Crippen molar-refractivity contribution >= 4 is 34.8 Å². The van der Waals surface area contributed by atoms with Crippen LogP contribution < -0.4 is 10.2 Å². The number of hydrogen-bond donors (Lipinski definition) is 1. The van der Waals surface area contributed by atoms with Crippen LogP contribution in [0.4, 0.5) is 24.5 Å². The summed E-state index contributed by atoms with van der Waals surface area (Å²) in [5.74, 6) is -1.43. The van der Waals surface area contributed by atoms with Crippen LogP contribution in [0.2, 0.25) is 5.02 Å². The summed E-state index contributed by atoms with van der Waals surface area (Å²) in [4.78, 5) is 26.3. The lowest BCUT2D eigenvalue weighted by atomic mass is 10.1. The zero-order valence-electron chi connectivity index (χ0n) is 14.3. The summed E-state index contributed by atoms with van der Waals surface area (Å²) in [6.07, 6.45) is -4.56. The summed E-state index contributed by atoms with van der Waals surface area (Å²) in [6.45, 7) is 2.05. The van der Waals surface area contributed by atoms with Crippen molar-refractivity contribution in [2.24, 2.45) is 5.92 Å². The fraction of sp³-hybridized carbons (Fsp3) is 0.263. The molecule has 2 aromatic carbocycles. The van der Waals surface area contributed by atoms with Gasteiger partial charge in [0.05, 0.1) is 22.2 Å². The van der Waals surface area contributed by atoms with E-state index in [2.05, 4.69) is 5.32 Å². The quantitative estimate of drug-likeness (QED) is 0.820. The number of nitrogens with one attached hydrogen (secondary N) is 1. The van der Waals surface area contributed by atoms with E-state index in [4.69, 9.17) is 11.6 Å². The Bertz CT molecular complexity index is 899. The second-order valence-corrected chi connectivity index (χ2v) is 6.83. The SMILES string of the molecule is Cc1cccc(N2CC(C(=O)Nc3cc(C(F)(F)F)ccc3Cl)CC2=O)c1. The Hall–Kier alpha value is -2.54. The van der Waals surface area contributed by atoms with Gasteiger partial charge in [0, 0.05) is 18.7 Å². The fourth-order valence-electron chi connectivity index (χ4n) is 2.96. The van der Waals surface area contributed by atoms with Crippen LogP contribution in [0.3, 0.4) is 0 Å². The second kappa shape index (κ2) is 7.23. The van der Waals surface area contributed by atoms with E-state index < -0.39 is 23.6 Å². The Morgan fingerprint density at radius 1 is 1.22 bits per heavy atom. The number of hydrogen-bond acceptors (Lipinski definition) is 2. The van der Waals surface area contributed by atoms with E-state index in [9.17, 15) is 22.8 Å². The molecule has 1 aliphatic heterocycles. The number of alkyl halides is 3. The van der Waals surface area contributed by atoms with Crippen molar-refractivity contribution in [2.75, 3.05) is 16.8 Å². The van der Waals surface area contributed by atoms with Crippen molar-refractivity contribution in [3.05, 3.63) is 58.6 Å². The first-order chi connectivity index (χ1) is 12.6. The largest absolute Gasteiger partial charge is 0.416 e. The third-order valence-electron chi connectivity index (χ3n) is 4.36. The van der Waals surface area contributed by atoms with Crippen molar-refractivity contribution < 1.29 is 22.8 Å². The molecule has 2 aromatic rings. The standard InChI is InChI=1S/C19H16ClF3N2O2/c1-11-3-2-4-14(7-11)25-10-12(8-17(25)26)18(27)24-16-9-13(19(21,22)23)5-6-15(16)20/h2-7,9,12H,8,10H2,1H3,(H,24,27). The van der Waals surface area contributed by atoms with Crippen LogP contribution in [0.25, 0.3) is 0 Å². The molecule has 1 fully saturated rings. The number of benzene rings is 2. The average molecular weight is 397 g/mol. The predicted molar refractivity (Wildman–Crippen MR) is 96.7 cm³/mol. The molecule has 2 amide bonds. The van der Waals surface area contributed by atoms with Crippen molar-refractivity contribution in [1.29, 1.82) is 0 Å². The summed E-state index contributed by atoms with van der Waals surface area (Å²) in [5.41, 5.74) is 0.625. The Morgan fingerprint density at radius 2 is 1.96 bits per heavy atom. The maximum absolute atomic E-state index is 12.9. The molecule has 4 nitrogen and oxygen atoms in total. The molecule has 1 N–H and O–H groups in total. The zero-order valence-corrected chi connectivity index (χ0v) is 15.1. The molecule has 3 rings (SSSR count). The van der Waals surface area contributed by atoms with E-state index in [0.717, 1.165) is 23.8 Å². The lowest BCUT2D eigenvalue weighted by Gasteiger charge is -2.17. The summed E-state index contributed by atoms with van der Waals surface area (Å²) >= 11 is 5.91. The summed E-state index contributed by atoms with van der Waals surface area (Å²) in [7, 11) is 0. The number of nitrogens with zero attached hydrogens (tertiary/aromatic N) is 1. The summed E-state index contributed by atoms with van der Waals surface area (Å²) in [6, 6.07) is 10.0. The summed E-state index contributed by atoms with van der Waals surface area (Å²) in [5, 5.41) is 2.42. The molecule has 1 heterocycles. The molecule has 0 aliphatic carbocycles. The van der Waals surface area contributed by atoms with Gasteiger partial charge >= 0.3 is 6.18 Å². The van der Waals surface area contributed by atoms with Crippen LogP contribution in [0.5, 0.6) is 0 Å². The zero-order chi connectivity index (χ0) is 19.8. The van der Waals surface area contributed by atoms with Crippen LogP contribution in [0.15, 0.2) is 42.5 Å². The molecular formula is C19H16ClF3N2O2. The molecule has 1 atom stereocenters. The average Bonchev–Trinajstić information content (AvgIpc) is 2.98. The highest BCUT2D eigenvalue weighted by Crippen LogP contribution is 2.34. The van der Waals surface area contributed by atoms with E-state index in [0.29, 0.717) is 5.69 Å². The first-order valence-corrected chi connectivity index (χ1v) is 8.57. The first-order valence-electron chi connectivity index (χ1n) is 8.20. The summed E-state index contributed by atoms with van der Waals surface area (Å²) < 4.78 is 38.6. The number of aryl methyl sites for hydroxylation is 1. The maximum atomic E-state index is 12.9. The number of amides is 2. The van der Waals surface area contributed by atoms with Gasteiger partial charge in [-0.05, 0) is 42.8 Å². The third kappa shape index (κ3) is 4.24. The molecule has 142 valence electrons. The van der Waals surface area contributed by atoms with Crippen molar-refractivity contribution in [2.45, 2.75) is 19.5 Å².